The van der Waals surface area contributed by atoms with Crippen molar-refractivity contribution in [1.29, 1.82) is 0 Å². The highest BCUT2D eigenvalue weighted by atomic mass is 35.7. The third-order valence-corrected chi connectivity index (χ3v) is 3.99. The zero-order valence-electron chi connectivity index (χ0n) is 11.2. The lowest BCUT2D eigenvalue weighted by molar-refractivity contribution is 0.187. The van der Waals surface area contributed by atoms with Crippen molar-refractivity contribution in [3.05, 3.63) is 23.3 Å². The lowest BCUT2D eigenvalue weighted by atomic mass is 9.98. The number of rotatable bonds is 3. The Labute approximate surface area is 117 Å². The fourth-order valence-corrected chi connectivity index (χ4v) is 2.55. The highest BCUT2D eigenvalue weighted by molar-refractivity contribution is 8.13. The molecule has 0 aromatic heterocycles. The van der Waals surface area contributed by atoms with Gasteiger partial charge in [-0.3, -0.25) is 5.32 Å². The molecular formula is C12H16ClNO4S. The van der Waals surface area contributed by atoms with E-state index in [1.807, 2.05) is 13.8 Å². The van der Waals surface area contributed by atoms with Crippen molar-refractivity contribution < 1.29 is 17.9 Å². The van der Waals surface area contributed by atoms with E-state index in [-0.39, 0.29) is 10.8 Å². The molecule has 0 bridgehead atoms. The first-order valence-corrected chi connectivity index (χ1v) is 7.92. The van der Waals surface area contributed by atoms with E-state index in [1.165, 1.54) is 19.2 Å². The Kier molecular flexibility index (Phi) is 4.81. The van der Waals surface area contributed by atoms with Gasteiger partial charge in [-0.15, -0.1) is 0 Å². The van der Waals surface area contributed by atoms with Crippen LogP contribution >= 0.6 is 10.7 Å². The molecule has 0 heterocycles. The van der Waals surface area contributed by atoms with E-state index in [1.54, 1.807) is 6.92 Å². The number of hydrogen-bond acceptors (Lipinski definition) is 4. The van der Waals surface area contributed by atoms with Crippen LogP contribution in [0.4, 0.5) is 10.5 Å². The molecule has 0 atom stereocenters. The van der Waals surface area contributed by atoms with Crippen LogP contribution in [-0.2, 0) is 13.8 Å². The molecule has 1 N–H and O–H groups in total. The molecule has 5 nitrogen and oxygen atoms in total. The van der Waals surface area contributed by atoms with Crippen LogP contribution in [0, 0.1) is 6.92 Å². The minimum atomic E-state index is -3.80. The van der Waals surface area contributed by atoms with Gasteiger partial charge in [0.25, 0.3) is 9.05 Å². The highest BCUT2D eigenvalue weighted by Gasteiger charge is 2.18. The van der Waals surface area contributed by atoms with Crippen molar-refractivity contribution in [1.82, 2.24) is 0 Å². The summed E-state index contributed by atoms with van der Waals surface area (Å²) in [6.45, 7) is 5.48. The van der Waals surface area contributed by atoms with Crippen LogP contribution in [-0.4, -0.2) is 21.6 Å². The molecule has 0 fully saturated rings. The number of halogens is 1. The van der Waals surface area contributed by atoms with Gasteiger partial charge in [0.1, 0.15) is 0 Å². The first-order valence-electron chi connectivity index (χ1n) is 5.61. The number of methoxy groups -OCH3 is 1. The number of nitrogens with one attached hydrogen (secondary N) is 1. The van der Waals surface area contributed by atoms with Gasteiger partial charge in [-0.1, -0.05) is 13.8 Å². The molecule has 0 radical (unpaired) electrons. The molecule has 0 aliphatic carbocycles. The normalized spacial score (nSPS) is 11.5. The quantitative estimate of drug-likeness (QED) is 0.870. The Morgan fingerprint density at radius 1 is 1.37 bits per heavy atom. The van der Waals surface area contributed by atoms with Crippen LogP contribution in [0.15, 0.2) is 17.0 Å². The van der Waals surface area contributed by atoms with Crippen LogP contribution in [0.3, 0.4) is 0 Å². The van der Waals surface area contributed by atoms with E-state index in [4.69, 9.17) is 10.7 Å². The number of amides is 1. The van der Waals surface area contributed by atoms with Crippen LogP contribution in [0.2, 0.25) is 0 Å². The number of ether oxygens (including phenoxy) is 1. The van der Waals surface area contributed by atoms with Crippen molar-refractivity contribution in [3.63, 3.8) is 0 Å². The van der Waals surface area contributed by atoms with Crippen molar-refractivity contribution in [2.45, 2.75) is 31.6 Å². The first-order chi connectivity index (χ1) is 8.66. The summed E-state index contributed by atoms with van der Waals surface area (Å²) in [6, 6.07) is 2.88. The van der Waals surface area contributed by atoms with E-state index >= 15 is 0 Å². The lowest BCUT2D eigenvalue weighted by Gasteiger charge is -2.17. The average molecular weight is 306 g/mol. The van der Waals surface area contributed by atoms with Gasteiger partial charge < -0.3 is 4.74 Å². The van der Waals surface area contributed by atoms with Gasteiger partial charge >= 0.3 is 6.09 Å². The molecule has 0 unspecified atom stereocenters. The smallest absolute Gasteiger partial charge is 0.411 e. The van der Waals surface area contributed by atoms with E-state index in [0.717, 1.165) is 0 Å². The Bertz CT molecular complexity index is 596. The van der Waals surface area contributed by atoms with Crippen molar-refractivity contribution >= 4 is 31.5 Å². The molecule has 19 heavy (non-hydrogen) atoms. The fourth-order valence-electron chi connectivity index (χ4n) is 1.70. The Morgan fingerprint density at radius 3 is 2.37 bits per heavy atom. The summed E-state index contributed by atoms with van der Waals surface area (Å²) in [7, 11) is 2.81. The third-order valence-electron chi connectivity index (χ3n) is 2.66. The minimum absolute atomic E-state index is 0.0178. The van der Waals surface area contributed by atoms with Crippen molar-refractivity contribution in [3.8, 4) is 0 Å². The van der Waals surface area contributed by atoms with Gasteiger partial charge in [-0.2, -0.15) is 0 Å². The molecule has 0 spiro atoms. The van der Waals surface area contributed by atoms with Gasteiger partial charge in [-0.25, -0.2) is 13.2 Å². The highest BCUT2D eigenvalue weighted by Crippen LogP contribution is 2.32. The largest absolute Gasteiger partial charge is 0.453 e. The predicted molar refractivity (Wildman–Crippen MR) is 74.3 cm³/mol. The monoisotopic (exact) mass is 305 g/mol. The average Bonchev–Trinajstić information content (AvgIpc) is 2.29. The molecule has 7 heteroatoms. The summed E-state index contributed by atoms with van der Waals surface area (Å²) in [5.41, 5.74) is 1.84. The van der Waals surface area contributed by atoms with Crippen LogP contribution in [0.25, 0.3) is 0 Å². The number of hydrogen-bond donors (Lipinski definition) is 1. The molecule has 0 aliphatic rings. The summed E-state index contributed by atoms with van der Waals surface area (Å²) < 4.78 is 27.4. The molecule has 1 aromatic rings. The molecule has 106 valence electrons. The fraction of sp³-hybridized carbons (Fsp3) is 0.417. The van der Waals surface area contributed by atoms with E-state index in [0.29, 0.717) is 16.8 Å². The summed E-state index contributed by atoms with van der Waals surface area (Å²) in [6.07, 6.45) is -0.605. The minimum Gasteiger partial charge on any atom is -0.453 e. The maximum absolute atomic E-state index is 11.4. The van der Waals surface area contributed by atoms with Crippen LogP contribution in [0.1, 0.15) is 30.9 Å². The molecule has 1 aromatic carbocycles. The van der Waals surface area contributed by atoms with Crippen LogP contribution in [0.5, 0.6) is 0 Å². The predicted octanol–water partition coefficient (Wildman–Crippen LogP) is 3.22. The number of aryl methyl sites for hydroxylation is 1. The SMILES string of the molecule is COC(=O)Nc1c(C)cc(S(=O)(=O)Cl)cc1C(C)C. The van der Waals surface area contributed by atoms with E-state index < -0.39 is 15.1 Å². The molecule has 1 amide bonds. The van der Waals surface area contributed by atoms with Gasteiger partial charge in [-0.05, 0) is 36.1 Å². The maximum atomic E-state index is 11.4. The molecular weight excluding hydrogens is 290 g/mol. The molecule has 0 saturated heterocycles. The Balaban J connectivity index is 3.44. The third kappa shape index (κ3) is 3.84. The van der Waals surface area contributed by atoms with Crippen LogP contribution < -0.4 is 5.32 Å². The zero-order valence-corrected chi connectivity index (χ0v) is 12.7. The second-order valence-electron chi connectivity index (χ2n) is 4.41. The molecule has 1 rings (SSSR count). The molecule has 0 saturated carbocycles. The van der Waals surface area contributed by atoms with Gasteiger partial charge in [0.05, 0.1) is 17.7 Å². The maximum Gasteiger partial charge on any atom is 0.411 e. The summed E-state index contributed by atoms with van der Waals surface area (Å²) in [4.78, 5) is 11.3. The number of anilines is 1. The summed E-state index contributed by atoms with van der Waals surface area (Å²) >= 11 is 0. The summed E-state index contributed by atoms with van der Waals surface area (Å²) in [5, 5.41) is 2.59. The lowest BCUT2D eigenvalue weighted by Crippen LogP contribution is -2.14. The van der Waals surface area contributed by atoms with Gasteiger partial charge in [0.2, 0.25) is 0 Å². The zero-order chi connectivity index (χ0) is 14.8. The van der Waals surface area contributed by atoms with Crippen molar-refractivity contribution in [2.24, 2.45) is 0 Å². The standard InChI is InChI=1S/C12H16ClNO4S/c1-7(2)10-6-9(19(13,16)17)5-8(3)11(10)14-12(15)18-4/h5-7H,1-4H3,(H,14,15). The second-order valence-corrected chi connectivity index (χ2v) is 6.98. The Morgan fingerprint density at radius 2 is 1.95 bits per heavy atom. The topological polar surface area (TPSA) is 72.5 Å². The first kappa shape index (κ1) is 15.8. The Hall–Kier alpha value is -1.27. The second kappa shape index (κ2) is 5.79. The van der Waals surface area contributed by atoms with Crippen molar-refractivity contribution in [2.75, 3.05) is 12.4 Å². The molecule has 0 aliphatic heterocycles. The van der Waals surface area contributed by atoms with Gasteiger partial charge in [0.15, 0.2) is 0 Å². The number of carbonyl (C=O) groups excluding carboxylic acids is 1. The number of benzene rings is 1. The number of carbonyl (C=O) groups is 1. The van der Waals surface area contributed by atoms with Gasteiger partial charge in [0, 0.05) is 10.7 Å². The van der Waals surface area contributed by atoms with E-state index in [9.17, 15) is 13.2 Å². The summed E-state index contributed by atoms with van der Waals surface area (Å²) in [5.74, 6) is 0.0178. The van der Waals surface area contributed by atoms with E-state index in [2.05, 4.69) is 10.1 Å².